The van der Waals surface area contributed by atoms with Gasteiger partial charge in [-0.05, 0) is 7.05 Å². The maximum absolute atomic E-state index is 12.5. The number of likely N-dealkylation sites (tertiary alicyclic amines) is 1. The van der Waals surface area contributed by atoms with Gasteiger partial charge < -0.3 is 4.90 Å². The highest BCUT2D eigenvalue weighted by molar-refractivity contribution is 5.46. The van der Waals surface area contributed by atoms with Gasteiger partial charge in [0.2, 0.25) is 0 Å². The summed E-state index contributed by atoms with van der Waals surface area (Å²) < 4.78 is 37.4. The van der Waals surface area contributed by atoms with Crippen LogP contribution in [0.5, 0.6) is 0 Å². The quantitative estimate of drug-likeness (QED) is 0.737. The van der Waals surface area contributed by atoms with Crippen molar-refractivity contribution in [2.75, 3.05) is 25.0 Å². The standard InChI is InChI=1S/C10H11F3N4/c1-16-4-7-6(16)5-17(7)9-3-14-2-8(15-9)10(11,12)13/h2-3,6-7H,4-5H2,1H3. The predicted octanol–water partition coefficient (Wildman–Crippen LogP) is 0.998. The van der Waals surface area contributed by atoms with Gasteiger partial charge in [0, 0.05) is 19.1 Å². The molecule has 0 aliphatic carbocycles. The minimum Gasteiger partial charge on any atom is -0.348 e. The van der Waals surface area contributed by atoms with Crippen LogP contribution in [0, 0.1) is 0 Å². The van der Waals surface area contributed by atoms with E-state index in [1.54, 1.807) is 0 Å². The average molecular weight is 244 g/mol. The topological polar surface area (TPSA) is 32.3 Å². The van der Waals surface area contributed by atoms with E-state index in [1.165, 1.54) is 6.20 Å². The van der Waals surface area contributed by atoms with Crippen molar-refractivity contribution >= 4 is 5.82 Å². The molecule has 2 aliphatic heterocycles. The summed E-state index contributed by atoms with van der Waals surface area (Å²) in [6.07, 6.45) is -2.28. The minimum absolute atomic E-state index is 0.304. The lowest BCUT2D eigenvalue weighted by molar-refractivity contribution is -0.141. The van der Waals surface area contributed by atoms with Crippen LogP contribution in [0.4, 0.5) is 19.0 Å². The molecule has 0 N–H and O–H groups in total. The molecular weight excluding hydrogens is 233 g/mol. The van der Waals surface area contributed by atoms with Crippen molar-refractivity contribution in [1.29, 1.82) is 0 Å². The molecule has 2 fully saturated rings. The predicted molar refractivity (Wildman–Crippen MR) is 54.6 cm³/mol. The number of fused-ring (bicyclic) bond motifs is 1. The summed E-state index contributed by atoms with van der Waals surface area (Å²) in [7, 11) is 2.01. The van der Waals surface area contributed by atoms with E-state index in [0.29, 0.717) is 17.9 Å². The maximum Gasteiger partial charge on any atom is 0.434 e. The monoisotopic (exact) mass is 244 g/mol. The van der Waals surface area contributed by atoms with Crippen LogP contribution in [-0.4, -0.2) is 47.1 Å². The highest BCUT2D eigenvalue weighted by Gasteiger charge is 2.50. The van der Waals surface area contributed by atoms with E-state index in [0.717, 1.165) is 19.3 Å². The van der Waals surface area contributed by atoms with Gasteiger partial charge in [0.05, 0.1) is 18.4 Å². The van der Waals surface area contributed by atoms with Gasteiger partial charge in [-0.25, -0.2) is 4.98 Å². The van der Waals surface area contributed by atoms with Crippen LogP contribution in [-0.2, 0) is 6.18 Å². The average Bonchev–Trinajstić information content (AvgIpc) is 2.25. The van der Waals surface area contributed by atoms with Crippen molar-refractivity contribution in [3.05, 3.63) is 18.1 Å². The Hall–Kier alpha value is -1.37. The fraction of sp³-hybridized carbons (Fsp3) is 0.600. The molecule has 92 valence electrons. The maximum atomic E-state index is 12.5. The van der Waals surface area contributed by atoms with Crippen LogP contribution in [0.3, 0.4) is 0 Å². The Balaban J connectivity index is 1.81. The fourth-order valence-electron chi connectivity index (χ4n) is 2.37. The van der Waals surface area contributed by atoms with Crippen LogP contribution in [0.2, 0.25) is 0 Å². The molecule has 3 heterocycles. The number of alkyl halides is 3. The number of rotatable bonds is 1. The van der Waals surface area contributed by atoms with Crippen molar-refractivity contribution in [2.24, 2.45) is 0 Å². The van der Waals surface area contributed by atoms with Crippen LogP contribution in [0.1, 0.15) is 5.69 Å². The smallest absolute Gasteiger partial charge is 0.348 e. The van der Waals surface area contributed by atoms with Gasteiger partial charge in [0.15, 0.2) is 5.69 Å². The Morgan fingerprint density at radius 2 is 2.00 bits per heavy atom. The first-order chi connectivity index (χ1) is 7.97. The van der Waals surface area contributed by atoms with Crippen molar-refractivity contribution < 1.29 is 13.2 Å². The molecule has 7 heteroatoms. The van der Waals surface area contributed by atoms with E-state index in [2.05, 4.69) is 14.9 Å². The Kier molecular flexibility index (Phi) is 2.10. The summed E-state index contributed by atoms with van der Waals surface area (Å²) in [6, 6.07) is 0.768. The van der Waals surface area contributed by atoms with Gasteiger partial charge >= 0.3 is 6.18 Å². The molecule has 2 unspecified atom stereocenters. The second-order valence-corrected chi connectivity index (χ2v) is 4.49. The normalized spacial score (nSPS) is 28.4. The number of halogens is 3. The molecular formula is C10H11F3N4. The first kappa shape index (κ1) is 10.8. The lowest BCUT2D eigenvalue weighted by Crippen LogP contribution is -2.78. The molecule has 17 heavy (non-hydrogen) atoms. The molecule has 4 nitrogen and oxygen atoms in total. The van der Waals surface area contributed by atoms with Gasteiger partial charge in [-0.3, -0.25) is 9.88 Å². The molecule has 0 bridgehead atoms. The zero-order valence-electron chi connectivity index (χ0n) is 9.15. The Morgan fingerprint density at radius 1 is 1.24 bits per heavy atom. The Bertz CT molecular complexity index is 447. The molecule has 0 radical (unpaired) electrons. The summed E-state index contributed by atoms with van der Waals surface area (Å²) in [5.41, 5.74) is -0.925. The molecule has 3 rings (SSSR count). The molecule has 1 aromatic heterocycles. The molecule has 0 spiro atoms. The van der Waals surface area contributed by atoms with Gasteiger partial charge in [-0.15, -0.1) is 0 Å². The summed E-state index contributed by atoms with van der Waals surface area (Å²) in [5.74, 6) is 0.328. The second-order valence-electron chi connectivity index (χ2n) is 4.49. The number of piperazine rings is 1. The highest BCUT2D eigenvalue weighted by Crippen LogP contribution is 2.36. The van der Waals surface area contributed by atoms with E-state index >= 15 is 0 Å². The summed E-state index contributed by atoms with van der Waals surface area (Å²) in [4.78, 5) is 11.3. The van der Waals surface area contributed by atoms with E-state index in [9.17, 15) is 13.2 Å². The number of hydrogen-bond acceptors (Lipinski definition) is 4. The number of likely N-dealkylation sites (N-methyl/N-ethyl adjacent to an activating group) is 1. The highest BCUT2D eigenvalue weighted by atomic mass is 19.4. The van der Waals surface area contributed by atoms with Crippen LogP contribution in [0.15, 0.2) is 12.4 Å². The van der Waals surface area contributed by atoms with E-state index in [4.69, 9.17) is 0 Å². The molecule has 2 saturated heterocycles. The van der Waals surface area contributed by atoms with Crippen LogP contribution < -0.4 is 4.90 Å². The molecule has 0 saturated carbocycles. The Morgan fingerprint density at radius 3 is 2.53 bits per heavy atom. The third kappa shape index (κ3) is 1.56. The van der Waals surface area contributed by atoms with Gasteiger partial charge in [-0.1, -0.05) is 0 Å². The van der Waals surface area contributed by atoms with Gasteiger partial charge in [-0.2, -0.15) is 13.2 Å². The number of nitrogens with zero attached hydrogens (tertiary/aromatic N) is 4. The largest absolute Gasteiger partial charge is 0.434 e. The lowest BCUT2D eigenvalue weighted by atomic mass is 9.86. The SMILES string of the molecule is CN1CC2C1CN2c1cncc(C(F)(F)F)n1. The van der Waals surface area contributed by atoms with E-state index in [-0.39, 0.29) is 0 Å². The van der Waals surface area contributed by atoms with E-state index < -0.39 is 11.9 Å². The minimum atomic E-state index is -4.43. The van der Waals surface area contributed by atoms with Crippen molar-refractivity contribution in [2.45, 2.75) is 18.3 Å². The zero-order valence-corrected chi connectivity index (χ0v) is 9.15. The second kappa shape index (κ2) is 3.32. The molecule has 1 aromatic rings. The van der Waals surface area contributed by atoms with Crippen molar-refractivity contribution in [3.63, 3.8) is 0 Å². The zero-order chi connectivity index (χ0) is 12.2. The number of hydrogen-bond donors (Lipinski definition) is 0. The lowest BCUT2D eigenvalue weighted by Gasteiger charge is -2.61. The van der Waals surface area contributed by atoms with Crippen molar-refractivity contribution in [3.8, 4) is 0 Å². The third-order valence-corrected chi connectivity index (χ3v) is 3.48. The fourth-order valence-corrected chi connectivity index (χ4v) is 2.37. The summed E-state index contributed by atoms with van der Waals surface area (Å²) in [5, 5.41) is 0. The first-order valence-electron chi connectivity index (χ1n) is 5.33. The third-order valence-electron chi connectivity index (χ3n) is 3.48. The molecule has 0 aromatic carbocycles. The molecule has 2 atom stereocenters. The van der Waals surface area contributed by atoms with Crippen molar-refractivity contribution in [1.82, 2.24) is 14.9 Å². The van der Waals surface area contributed by atoms with Crippen LogP contribution in [0.25, 0.3) is 0 Å². The Labute approximate surface area is 96.1 Å². The van der Waals surface area contributed by atoms with Gasteiger partial charge in [0.25, 0.3) is 0 Å². The number of aromatic nitrogens is 2. The summed E-state index contributed by atoms with van der Waals surface area (Å²) >= 11 is 0. The van der Waals surface area contributed by atoms with Gasteiger partial charge in [0.1, 0.15) is 5.82 Å². The van der Waals surface area contributed by atoms with Crippen LogP contribution >= 0.6 is 0 Å². The molecule has 0 amide bonds. The first-order valence-corrected chi connectivity index (χ1v) is 5.33. The van der Waals surface area contributed by atoms with E-state index in [1.807, 2.05) is 11.9 Å². The summed E-state index contributed by atoms with van der Waals surface area (Å²) in [6.45, 7) is 1.61. The number of anilines is 1. The molecule has 2 aliphatic rings.